The highest BCUT2D eigenvalue weighted by molar-refractivity contribution is 7.98. The predicted molar refractivity (Wildman–Crippen MR) is 104 cm³/mol. The molecule has 0 spiro atoms. The van der Waals surface area contributed by atoms with Crippen molar-refractivity contribution in [2.75, 3.05) is 12.8 Å². The molecule has 6 nitrogen and oxygen atoms in total. The van der Waals surface area contributed by atoms with Crippen LogP contribution in [0.2, 0.25) is 0 Å². The molecule has 0 saturated carbocycles. The molecule has 1 atom stereocenters. The number of rotatable bonds is 7. The first-order valence-electron chi connectivity index (χ1n) is 9.37. The summed E-state index contributed by atoms with van der Waals surface area (Å²) in [5.74, 6) is -0.853. The molecule has 146 valence electrons. The lowest BCUT2D eigenvalue weighted by atomic mass is 9.86. The van der Waals surface area contributed by atoms with Crippen molar-refractivity contribution in [2.45, 2.75) is 61.9 Å². The van der Waals surface area contributed by atoms with Gasteiger partial charge in [-0.1, -0.05) is 6.07 Å². The summed E-state index contributed by atoms with van der Waals surface area (Å²) in [5, 5.41) is 11.9. The monoisotopic (exact) mass is 390 g/mol. The Morgan fingerprint density at radius 1 is 1.22 bits per heavy atom. The van der Waals surface area contributed by atoms with Crippen LogP contribution in [-0.2, 0) is 27.3 Å². The van der Waals surface area contributed by atoms with Crippen LogP contribution in [0.3, 0.4) is 0 Å². The number of amides is 2. The van der Waals surface area contributed by atoms with E-state index < -0.39 is 11.5 Å². The van der Waals surface area contributed by atoms with Crippen molar-refractivity contribution < 1.29 is 19.5 Å². The highest BCUT2D eigenvalue weighted by atomic mass is 32.2. The van der Waals surface area contributed by atoms with Crippen molar-refractivity contribution in [3.05, 3.63) is 29.3 Å². The molecule has 2 amide bonds. The van der Waals surface area contributed by atoms with Gasteiger partial charge in [-0.05, 0) is 55.2 Å². The third-order valence-corrected chi connectivity index (χ3v) is 6.37. The number of aliphatic carboxylic acids is 1. The smallest absolute Gasteiger partial charge is 0.303 e. The Kier molecular flexibility index (Phi) is 6.09. The molecule has 0 bridgehead atoms. The molecule has 27 heavy (non-hydrogen) atoms. The van der Waals surface area contributed by atoms with Gasteiger partial charge >= 0.3 is 5.97 Å². The molecule has 2 aliphatic rings. The summed E-state index contributed by atoms with van der Waals surface area (Å²) in [6.45, 7) is 1.33. The summed E-state index contributed by atoms with van der Waals surface area (Å²) in [4.78, 5) is 38.5. The first-order chi connectivity index (χ1) is 12.9. The van der Waals surface area contributed by atoms with Crippen molar-refractivity contribution in [1.29, 1.82) is 0 Å². The van der Waals surface area contributed by atoms with Crippen molar-refractivity contribution in [3.8, 4) is 0 Å². The number of benzene rings is 1. The zero-order valence-electron chi connectivity index (χ0n) is 15.6. The molecule has 2 heterocycles. The fourth-order valence-corrected chi connectivity index (χ4v) is 4.46. The van der Waals surface area contributed by atoms with Gasteiger partial charge in [-0.15, -0.1) is 11.8 Å². The minimum Gasteiger partial charge on any atom is -0.481 e. The van der Waals surface area contributed by atoms with Crippen LogP contribution in [0.4, 0.5) is 0 Å². The van der Waals surface area contributed by atoms with Gasteiger partial charge < -0.3 is 15.3 Å². The standard InChI is InChI=1S/C20H26N2O4S/c1-27-16-3-2-15-13-22(11-7-14(15)12-16)18(24)5-9-20(10-6-19(25)26)8-4-17(23)21-20/h2-3,12H,4-11,13H2,1H3,(H,21,23)(H,25,26)/t20-/m0/s1. The molecule has 1 fully saturated rings. The van der Waals surface area contributed by atoms with Crippen LogP contribution in [-0.4, -0.2) is 46.1 Å². The number of hydrogen-bond acceptors (Lipinski definition) is 4. The van der Waals surface area contributed by atoms with E-state index in [1.165, 1.54) is 16.0 Å². The highest BCUT2D eigenvalue weighted by Gasteiger charge is 2.38. The maximum Gasteiger partial charge on any atom is 0.303 e. The van der Waals surface area contributed by atoms with Gasteiger partial charge in [0.15, 0.2) is 0 Å². The number of hydrogen-bond donors (Lipinski definition) is 2. The zero-order valence-corrected chi connectivity index (χ0v) is 16.4. The van der Waals surface area contributed by atoms with E-state index in [4.69, 9.17) is 5.11 Å². The fourth-order valence-electron chi connectivity index (χ4n) is 3.99. The Hall–Kier alpha value is -2.02. The van der Waals surface area contributed by atoms with Crippen molar-refractivity contribution in [1.82, 2.24) is 10.2 Å². The number of carboxylic acids is 1. The van der Waals surface area contributed by atoms with Gasteiger partial charge in [0, 0.05) is 42.8 Å². The van der Waals surface area contributed by atoms with Gasteiger partial charge in [-0.25, -0.2) is 0 Å². The Labute approximate surface area is 163 Å². The quantitative estimate of drug-likeness (QED) is 0.699. The predicted octanol–water partition coefficient (Wildman–Crippen LogP) is 2.59. The SMILES string of the molecule is CSc1ccc2c(c1)CCN(C(=O)CC[C@]1(CCC(=O)O)CCC(=O)N1)C2. The highest BCUT2D eigenvalue weighted by Crippen LogP contribution is 2.31. The molecule has 1 saturated heterocycles. The van der Waals surface area contributed by atoms with Gasteiger partial charge in [0.2, 0.25) is 11.8 Å². The lowest BCUT2D eigenvalue weighted by Crippen LogP contribution is -2.44. The summed E-state index contributed by atoms with van der Waals surface area (Å²) in [7, 11) is 0. The molecule has 2 N–H and O–H groups in total. The number of nitrogens with one attached hydrogen (secondary N) is 1. The summed E-state index contributed by atoms with van der Waals surface area (Å²) in [6.07, 6.45) is 5.14. The largest absolute Gasteiger partial charge is 0.481 e. The molecule has 2 aliphatic heterocycles. The minimum absolute atomic E-state index is 0.00331. The van der Waals surface area contributed by atoms with Crippen LogP contribution < -0.4 is 5.32 Å². The number of carbonyl (C=O) groups excluding carboxylic acids is 2. The summed E-state index contributed by atoms with van der Waals surface area (Å²) < 4.78 is 0. The van der Waals surface area contributed by atoms with Crippen molar-refractivity contribution in [2.24, 2.45) is 0 Å². The molecule has 0 aromatic heterocycles. The second kappa shape index (κ2) is 8.33. The Balaban J connectivity index is 1.59. The molecule has 0 radical (unpaired) electrons. The molecule has 1 aromatic rings. The lowest BCUT2D eigenvalue weighted by Gasteiger charge is -2.32. The zero-order chi connectivity index (χ0) is 19.4. The van der Waals surface area contributed by atoms with E-state index in [1.807, 2.05) is 4.90 Å². The Bertz CT molecular complexity index is 751. The minimum atomic E-state index is -0.876. The molecular formula is C20H26N2O4S. The van der Waals surface area contributed by atoms with E-state index in [0.29, 0.717) is 45.2 Å². The molecule has 3 rings (SSSR count). The van der Waals surface area contributed by atoms with E-state index in [0.717, 1.165) is 6.42 Å². The van der Waals surface area contributed by atoms with Crippen LogP contribution in [0.5, 0.6) is 0 Å². The second-order valence-corrected chi connectivity index (χ2v) is 8.30. The third kappa shape index (κ3) is 4.83. The summed E-state index contributed by atoms with van der Waals surface area (Å²) >= 11 is 1.72. The van der Waals surface area contributed by atoms with Gasteiger partial charge in [0.25, 0.3) is 0 Å². The first kappa shape index (κ1) is 19.7. The number of carboxylic acid groups (broad SMARTS) is 1. The summed E-state index contributed by atoms with van der Waals surface area (Å²) in [6, 6.07) is 6.40. The van der Waals surface area contributed by atoms with Crippen molar-refractivity contribution in [3.63, 3.8) is 0 Å². The van der Waals surface area contributed by atoms with Crippen molar-refractivity contribution >= 4 is 29.5 Å². The topological polar surface area (TPSA) is 86.7 Å². The third-order valence-electron chi connectivity index (χ3n) is 5.65. The van der Waals surface area contributed by atoms with E-state index in [2.05, 4.69) is 29.8 Å². The normalized spacial score (nSPS) is 21.7. The van der Waals surface area contributed by atoms with E-state index in [-0.39, 0.29) is 18.2 Å². The van der Waals surface area contributed by atoms with Gasteiger partial charge in [0.05, 0.1) is 0 Å². The average Bonchev–Trinajstić information content (AvgIpc) is 3.05. The maximum absolute atomic E-state index is 12.7. The van der Waals surface area contributed by atoms with E-state index >= 15 is 0 Å². The average molecular weight is 391 g/mol. The van der Waals surface area contributed by atoms with Crippen LogP contribution >= 0.6 is 11.8 Å². The molecule has 7 heteroatoms. The summed E-state index contributed by atoms with van der Waals surface area (Å²) in [5.41, 5.74) is 1.96. The molecule has 0 aliphatic carbocycles. The number of thioether (sulfide) groups is 1. The van der Waals surface area contributed by atoms with E-state index in [1.54, 1.807) is 11.8 Å². The number of fused-ring (bicyclic) bond motifs is 1. The first-order valence-corrected chi connectivity index (χ1v) is 10.6. The van der Waals surface area contributed by atoms with Gasteiger partial charge in [0.1, 0.15) is 0 Å². The second-order valence-electron chi connectivity index (χ2n) is 7.42. The molecule has 0 unspecified atom stereocenters. The number of nitrogens with zero attached hydrogens (tertiary/aromatic N) is 1. The Morgan fingerprint density at radius 2 is 2.00 bits per heavy atom. The van der Waals surface area contributed by atoms with Gasteiger partial charge in [-0.3, -0.25) is 14.4 Å². The van der Waals surface area contributed by atoms with Gasteiger partial charge in [-0.2, -0.15) is 0 Å². The Morgan fingerprint density at radius 3 is 2.67 bits per heavy atom. The molecule has 1 aromatic carbocycles. The van der Waals surface area contributed by atoms with Crippen LogP contribution in [0.15, 0.2) is 23.1 Å². The lowest BCUT2D eigenvalue weighted by molar-refractivity contribution is -0.137. The van der Waals surface area contributed by atoms with Crippen LogP contribution in [0.25, 0.3) is 0 Å². The maximum atomic E-state index is 12.7. The van der Waals surface area contributed by atoms with E-state index in [9.17, 15) is 14.4 Å². The number of carbonyl (C=O) groups is 3. The van der Waals surface area contributed by atoms with Crippen LogP contribution in [0.1, 0.15) is 49.7 Å². The van der Waals surface area contributed by atoms with Crippen LogP contribution in [0, 0.1) is 0 Å². The molecular weight excluding hydrogens is 364 g/mol. The fraction of sp³-hybridized carbons (Fsp3) is 0.550.